The van der Waals surface area contributed by atoms with E-state index >= 15 is 0 Å². The number of esters is 1. The molecule has 1 fully saturated rings. The Labute approximate surface area is 138 Å². The second kappa shape index (κ2) is 5.74. The Bertz CT molecular complexity index is 878. The molecule has 4 rings (SSSR count). The van der Waals surface area contributed by atoms with Gasteiger partial charge in [0, 0.05) is 28.9 Å². The maximum Gasteiger partial charge on any atom is 0.350 e. The number of benzene rings is 1. The van der Waals surface area contributed by atoms with Crippen molar-refractivity contribution in [1.29, 1.82) is 0 Å². The summed E-state index contributed by atoms with van der Waals surface area (Å²) in [4.78, 5) is 17.2. The molecule has 0 spiro atoms. The maximum absolute atomic E-state index is 12.2. The first-order chi connectivity index (χ1) is 11.3. The number of aromatic nitrogens is 2. The van der Waals surface area contributed by atoms with Crippen molar-refractivity contribution in [3.8, 4) is 11.3 Å². The highest BCUT2D eigenvalue weighted by Gasteiger charge is 2.34. The number of fused-ring (bicyclic) bond motifs is 1. The Morgan fingerprint density at radius 1 is 1.30 bits per heavy atom. The van der Waals surface area contributed by atoms with Crippen LogP contribution in [0.1, 0.15) is 40.9 Å². The summed E-state index contributed by atoms with van der Waals surface area (Å²) in [5.74, 6) is 0.161. The molecule has 0 saturated heterocycles. The van der Waals surface area contributed by atoms with Crippen molar-refractivity contribution in [2.45, 2.75) is 25.7 Å². The monoisotopic (exact) mass is 324 g/mol. The molecule has 23 heavy (non-hydrogen) atoms. The maximum atomic E-state index is 12.2. The lowest BCUT2D eigenvalue weighted by molar-refractivity contribution is 0.0531. The molecule has 0 bridgehead atoms. The molecule has 2 aromatic heterocycles. The van der Waals surface area contributed by atoms with E-state index in [2.05, 4.69) is 15.4 Å². The van der Waals surface area contributed by atoms with Crippen molar-refractivity contribution in [3.63, 3.8) is 0 Å². The molecule has 116 valence electrons. The molecule has 3 aromatic rings. The van der Waals surface area contributed by atoms with E-state index in [9.17, 15) is 4.79 Å². The fourth-order valence-electron chi connectivity index (χ4n) is 2.89. The lowest BCUT2D eigenvalue weighted by Crippen LogP contribution is -2.05. The van der Waals surface area contributed by atoms with Crippen LogP contribution < -0.4 is 0 Å². The van der Waals surface area contributed by atoms with E-state index in [1.54, 1.807) is 0 Å². The van der Waals surface area contributed by atoms with Crippen molar-refractivity contribution < 1.29 is 9.53 Å². The van der Waals surface area contributed by atoms with Crippen LogP contribution in [0.4, 0.5) is 0 Å². The van der Waals surface area contributed by atoms with Crippen LogP contribution in [0.25, 0.3) is 22.0 Å². The minimum Gasteiger partial charge on any atom is -0.462 e. The zero-order chi connectivity index (χ0) is 15.8. The van der Waals surface area contributed by atoms with Gasteiger partial charge in [-0.3, -0.25) is 4.98 Å². The van der Waals surface area contributed by atoms with E-state index in [4.69, 9.17) is 4.74 Å². The first kappa shape index (κ1) is 14.3. The molecule has 0 N–H and O–H groups in total. The van der Waals surface area contributed by atoms with Crippen LogP contribution in [0.15, 0.2) is 36.7 Å². The molecule has 0 unspecified atom stereocenters. The molecule has 4 nitrogen and oxygen atoms in total. The van der Waals surface area contributed by atoms with Gasteiger partial charge in [0.15, 0.2) is 0 Å². The summed E-state index contributed by atoms with van der Waals surface area (Å²) >= 11 is 1.24. The van der Waals surface area contributed by atoms with Crippen molar-refractivity contribution in [3.05, 3.63) is 47.1 Å². The van der Waals surface area contributed by atoms with Crippen LogP contribution in [0.2, 0.25) is 0 Å². The predicted molar refractivity (Wildman–Crippen MR) is 90.8 cm³/mol. The first-order valence-corrected chi connectivity index (χ1v) is 8.56. The minimum absolute atomic E-state index is 0.258. The molecule has 1 aliphatic rings. The van der Waals surface area contributed by atoms with Gasteiger partial charge in [-0.2, -0.15) is 4.37 Å². The third kappa shape index (κ3) is 2.51. The quantitative estimate of drug-likeness (QED) is 0.667. The van der Waals surface area contributed by atoms with Gasteiger partial charge in [-0.05, 0) is 42.6 Å². The average Bonchev–Trinajstić information content (AvgIpc) is 3.33. The fourth-order valence-corrected chi connectivity index (χ4v) is 3.77. The van der Waals surface area contributed by atoms with Gasteiger partial charge in [-0.1, -0.05) is 24.3 Å². The zero-order valence-electron chi connectivity index (χ0n) is 12.8. The Kier molecular flexibility index (Phi) is 3.58. The third-order valence-electron chi connectivity index (χ3n) is 4.10. The molecule has 0 atom stereocenters. The standard InChI is InChI=1S/C18H16N2O2S/c1-2-22-18(21)17-15(11-7-8-11)16(20-23-17)14-10-19-9-12-5-3-4-6-13(12)14/h3-6,9-11H,2,7-8H2,1H3. The van der Waals surface area contributed by atoms with Crippen LogP contribution in [0, 0.1) is 0 Å². The molecule has 0 aliphatic heterocycles. The summed E-state index contributed by atoms with van der Waals surface area (Å²) in [6.07, 6.45) is 5.92. The van der Waals surface area contributed by atoms with E-state index in [-0.39, 0.29) is 5.97 Å². The number of hydrogen-bond acceptors (Lipinski definition) is 5. The smallest absolute Gasteiger partial charge is 0.350 e. The Hall–Kier alpha value is -2.27. The summed E-state index contributed by atoms with van der Waals surface area (Å²) in [7, 11) is 0. The van der Waals surface area contributed by atoms with Crippen LogP contribution in [0.5, 0.6) is 0 Å². The van der Waals surface area contributed by atoms with Crippen molar-refractivity contribution in [2.24, 2.45) is 0 Å². The molecule has 0 amide bonds. The zero-order valence-corrected chi connectivity index (χ0v) is 13.6. The fraction of sp³-hybridized carbons (Fsp3) is 0.278. The predicted octanol–water partition coefficient (Wildman–Crippen LogP) is 4.41. The normalized spacial score (nSPS) is 14.1. The number of ether oxygens (including phenoxy) is 1. The summed E-state index contributed by atoms with van der Waals surface area (Å²) in [6, 6.07) is 8.13. The van der Waals surface area contributed by atoms with Gasteiger partial charge in [-0.15, -0.1) is 0 Å². The summed E-state index contributed by atoms with van der Waals surface area (Å²) < 4.78 is 9.80. The van der Waals surface area contributed by atoms with Crippen molar-refractivity contribution in [2.75, 3.05) is 6.61 Å². The summed E-state index contributed by atoms with van der Waals surface area (Å²) in [5, 5.41) is 2.20. The van der Waals surface area contributed by atoms with Gasteiger partial charge < -0.3 is 4.74 Å². The SMILES string of the molecule is CCOC(=O)c1snc(-c2cncc3ccccc23)c1C1CC1. The molecular weight excluding hydrogens is 308 g/mol. The molecule has 1 aromatic carbocycles. The highest BCUT2D eigenvalue weighted by Crippen LogP contribution is 2.48. The lowest BCUT2D eigenvalue weighted by Gasteiger charge is -2.07. The highest BCUT2D eigenvalue weighted by molar-refractivity contribution is 7.08. The molecule has 1 saturated carbocycles. The van der Waals surface area contributed by atoms with Crippen molar-refractivity contribution in [1.82, 2.24) is 9.36 Å². The number of hydrogen-bond donors (Lipinski definition) is 0. The molecular formula is C18H16N2O2S. The molecule has 5 heteroatoms. The van der Waals surface area contributed by atoms with E-state index in [1.807, 2.05) is 37.5 Å². The number of rotatable bonds is 4. The number of carbonyl (C=O) groups excluding carboxylic acids is 1. The Morgan fingerprint density at radius 3 is 2.91 bits per heavy atom. The molecule has 1 aliphatic carbocycles. The van der Waals surface area contributed by atoms with Crippen LogP contribution in [0.3, 0.4) is 0 Å². The lowest BCUT2D eigenvalue weighted by atomic mass is 9.99. The highest BCUT2D eigenvalue weighted by atomic mass is 32.1. The Balaban J connectivity index is 1.90. The van der Waals surface area contributed by atoms with Gasteiger partial charge in [0.2, 0.25) is 0 Å². The van der Waals surface area contributed by atoms with Gasteiger partial charge in [0.1, 0.15) is 4.88 Å². The van der Waals surface area contributed by atoms with Crippen LogP contribution in [-0.2, 0) is 4.74 Å². The minimum atomic E-state index is -0.258. The molecule has 2 heterocycles. The van der Waals surface area contributed by atoms with Gasteiger partial charge in [-0.25, -0.2) is 4.79 Å². The van der Waals surface area contributed by atoms with E-state index < -0.39 is 0 Å². The van der Waals surface area contributed by atoms with Crippen LogP contribution >= 0.6 is 11.5 Å². The van der Waals surface area contributed by atoms with Gasteiger partial charge in [0.25, 0.3) is 0 Å². The second-order valence-corrected chi connectivity index (χ2v) is 6.45. The summed E-state index contributed by atoms with van der Waals surface area (Å²) in [6.45, 7) is 2.21. The number of pyridine rings is 1. The summed E-state index contributed by atoms with van der Waals surface area (Å²) in [5.41, 5.74) is 2.94. The first-order valence-electron chi connectivity index (χ1n) is 7.79. The number of nitrogens with zero attached hydrogens (tertiary/aromatic N) is 2. The Morgan fingerprint density at radius 2 is 2.13 bits per heavy atom. The number of carbonyl (C=O) groups is 1. The average molecular weight is 324 g/mol. The molecule has 0 radical (unpaired) electrons. The third-order valence-corrected chi connectivity index (χ3v) is 4.94. The van der Waals surface area contributed by atoms with Crippen molar-refractivity contribution >= 4 is 28.3 Å². The van der Waals surface area contributed by atoms with Gasteiger partial charge >= 0.3 is 5.97 Å². The van der Waals surface area contributed by atoms with E-state index in [0.717, 1.165) is 40.4 Å². The van der Waals surface area contributed by atoms with E-state index in [1.165, 1.54) is 11.5 Å². The topological polar surface area (TPSA) is 52.1 Å². The van der Waals surface area contributed by atoms with Crippen LogP contribution in [-0.4, -0.2) is 21.9 Å². The van der Waals surface area contributed by atoms with E-state index in [0.29, 0.717) is 17.4 Å². The second-order valence-electron chi connectivity index (χ2n) is 5.68. The largest absolute Gasteiger partial charge is 0.462 e. The van der Waals surface area contributed by atoms with Gasteiger partial charge in [0.05, 0.1) is 12.3 Å².